The maximum atomic E-state index is 5.54. The van der Waals surface area contributed by atoms with E-state index in [4.69, 9.17) is 9.47 Å². The van der Waals surface area contributed by atoms with Crippen molar-refractivity contribution >= 4 is 0 Å². The van der Waals surface area contributed by atoms with Crippen LogP contribution in [0.2, 0.25) is 0 Å². The highest BCUT2D eigenvalue weighted by Crippen LogP contribution is 2.19. The Morgan fingerprint density at radius 1 is 1.60 bits per heavy atom. The first-order chi connectivity index (χ1) is 4.88. The van der Waals surface area contributed by atoms with Crippen LogP contribution in [0.4, 0.5) is 0 Å². The van der Waals surface area contributed by atoms with Crippen LogP contribution in [0.25, 0.3) is 0 Å². The van der Waals surface area contributed by atoms with Gasteiger partial charge in [-0.25, -0.2) is 0 Å². The minimum absolute atomic E-state index is 0.361. The average Bonchev–Trinajstić information content (AvgIpc) is 2.73. The second kappa shape index (κ2) is 3.94. The molecule has 0 bridgehead atoms. The van der Waals surface area contributed by atoms with Gasteiger partial charge in [0.2, 0.25) is 0 Å². The van der Waals surface area contributed by atoms with Gasteiger partial charge in [0.25, 0.3) is 0 Å². The van der Waals surface area contributed by atoms with E-state index in [2.05, 4.69) is 13.8 Å². The fourth-order valence-corrected chi connectivity index (χ4v) is 1.03. The molecule has 2 nitrogen and oxygen atoms in total. The normalized spacial score (nSPS) is 26.4. The van der Waals surface area contributed by atoms with E-state index in [1.165, 1.54) is 0 Å². The molecule has 2 heteroatoms. The summed E-state index contributed by atoms with van der Waals surface area (Å²) in [5.74, 6) is 0. The average molecular weight is 144 g/mol. The second-order valence-electron chi connectivity index (χ2n) is 2.69. The molecule has 0 amide bonds. The molecule has 0 aliphatic carbocycles. The summed E-state index contributed by atoms with van der Waals surface area (Å²) < 4.78 is 10.7. The largest absolute Gasteiger partial charge is 0.375 e. The summed E-state index contributed by atoms with van der Waals surface area (Å²) in [4.78, 5) is 0. The van der Waals surface area contributed by atoms with Gasteiger partial charge in [-0.1, -0.05) is 13.8 Å². The van der Waals surface area contributed by atoms with Gasteiger partial charge in [0.15, 0.2) is 0 Å². The number of epoxide rings is 1. The van der Waals surface area contributed by atoms with Crippen molar-refractivity contribution in [3.8, 4) is 0 Å². The van der Waals surface area contributed by atoms with Gasteiger partial charge >= 0.3 is 0 Å². The first-order valence-corrected chi connectivity index (χ1v) is 4.11. The Balaban J connectivity index is 2.07. The van der Waals surface area contributed by atoms with Gasteiger partial charge in [0.1, 0.15) is 6.10 Å². The maximum absolute atomic E-state index is 5.54. The van der Waals surface area contributed by atoms with Crippen molar-refractivity contribution in [2.24, 2.45) is 0 Å². The molecule has 1 rings (SSSR count). The van der Waals surface area contributed by atoms with E-state index in [-0.39, 0.29) is 0 Å². The molecule has 0 aromatic carbocycles. The van der Waals surface area contributed by atoms with Gasteiger partial charge in [0, 0.05) is 6.61 Å². The third kappa shape index (κ3) is 2.27. The summed E-state index contributed by atoms with van der Waals surface area (Å²) in [5, 5.41) is 0. The first-order valence-electron chi connectivity index (χ1n) is 4.11. The van der Waals surface area contributed by atoms with Crippen molar-refractivity contribution in [1.29, 1.82) is 0 Å². The smallest absolute Gasteiger partial charge is 0.107 e. The van der Waals surface area contributed by atoms with Crippen LogP contribution in [0.15, 0.2) is 0 Å². The van der Waals surface area contributed by atoms with Crippen molar-refractivity contribution in [2.45, 2.75) is 38.9 Å². The van der Waals surface area contributed by atoms with Gasteiger partial charge in [-0.3, -0.25) is 0 Å². The Hall–Kier alpha value is -0.0800. The summed E-state index contributed by atoms with van der Waals surface area (Å²) in [6, 6.07) is 0. The predicted octanol–water partition coefficient (Wildman–Crippen LogP) is 1.59. The molecule has 1 heterocycles. The topological polar surface area (TPSA) is 21.8 Å². The number of ether oxygens (including phenoxy) is 2. The summed E-state index contributed by atoms with van der Waals surface area (Å²) >= 11 is 0. The van der Waals surface area contributed by atoms with Crippen molar-refractivity contribution in [3.05, 3.63) is 0 Å². The molecule has 1 aliphatic heterocycles. The second-order valence-corrected chi connectivity index (χ2v) is 2.69. The molecule has 0 saturated carbocycles. The third-order valence-electron chi connectivity index (χ3n) is 1.71. The first kappa shape index (κ1) is 8.02. The van der Waals surface area contributed by atoms with Crippen molar-refractivity contribution in [1.82, 2.24) is 0 Å². The van der Waals surface area contributed by atoms with Gasteiger partial charge in [-0.15, -0.1) is 0 Å². The molecule has 0 radical (unpaired) electrons. The van der Waals surface area contributed by atoms with Crippen LogP contribution in [0.1, 0.15) is 26.7 Å². The minimum Gasteiger partial charge on any atom is -0.375 e. The van der Waals surface area contributed by atoms with Crippen molar-refractivity contribution in [3.63, 3.8) is 0 Å². The number of hydrogen-bond acceptors (Lipinski definition) is 2. The highest BCUT2D eigenvalue weighted by atomic mass is 16.6. The molecule has 1 aliphatic rings. The molecule has 0 aromatic rings. The Morgan fingerprint density at radius 3 is 2.70 bits per heavy atom. The Bertz CT molecular complexity index is 89.3. The van der Waals surface area contributed by atoms with Crippen molar-refractivity contribution < 1.29 is 9.47 Å². The van der Waals surface area contributed by atoms with Crippen molar-refractivity contribution in [2.75, 3.05) is 13.2 Å². The zero-order valence-corrected chi connectivity index (χ0v) is 6.80. The van der Waals surface area contributed by atoms with Crippen LogP contribution < -0.4 is 0 Å². The van der Waals surface area contributed by atoms with Gasteiger partial charge < -0.3 is 9.47 Å². The lowest BCUT2D eigenvalue weighted by molar-refractivity contribution is 0.0314. The summed E-state index contributed by atoms with van der Waals surface area (Å²) in [5.41, 5.74) is 0. The van der Waals surface area contributed by atoms with E-state index in [1.54, 1.807) is 0 Å². The monoisotopic (exact) mass is 144 g/mol. The van der Waals surface area contributed by atoms with Gasteiger partial charge in [-0.2, -0.15) is 0 Å². The van der Waals surface area contributed by atoms with Crippen LogP contribution in [0.3, 0.4) is 0 Å². The van der Waals surface area contributed by atoms with Crippen LogP contribution in [0.5, 0.6) is 0 Å². The summed E-state index contributed by atoms with van der Waals surface area (Å²) in [7, 11) is 0. The minimum atomic E-state index is 0.361. The third-order valence-corrected chi connectivity index (χ3v) is 1.71. The molecule has 60 valence electrons. The molecule has 0 N–H and O–H groups in total. The molecule has 2 unspecified atom stereocenters. The van der Waals surface area contributed by atoms with Gasteiger partial charge in [0.05, 0.1) is 12.7 Å². The van der Waals surface area contributed by atoms with E-state index in [0.717, 1.165) is 26.1 Å². The van der Waals surface area contributed by atoms with E-state index in [0.29, 0.717) is 12.2 Å². The zero-order chi connectivity index (χ0) is 7.40. The van der Waals surface area contributed by atoms with Crippen LogP contribution in [-0.2, 0) is 9.47 Å². The predicted molar refractivity (Wildman–Crippen MR) is 40.1 cm³/mol. The lowest BCUT2D eigenvalue weighted by Crippen LogP contribution is -2.18. The Kier molecular flexibility index (Phi) is 3.16. The van der Waals surface area contributed by atoms with Crippen LogP contribution in [0, 0.1) is 0 Å². The lowest BCUT2D eigenvalue weighted by atomic mass is 10.2. The Labute approximate surface area is 62.5 Å². The lowest BCUT2D eigenvalue weighted by Gasteiger charge is -2.11. The fourth-order valence-electron chi connectivity index (χ4n) is 1.03. The molecule has 0 aromatic heterocycles. The molecule has 1 saturated heterocycles. The molecular formula is C8H16O2. The highest BCUT2D eigenvalue weighted by Gasteiger charge is 2.31. The van der Waals surface area contributed by atoms with E-state index >= 15 is 0 Å². The highest BCUT2D eigenvalue weighted by molar-refractivity contribution is 4.78. The SMILES string of the molecule is CCCOC(CC)C1CO1. The van der Waals surface area contributed by atoms with E-state index in [9.17, 15) is 0 Å². The molecule has 0 spiro atoms. The standard InChI is InChI=1S/C8H16O2/c1-3-5-9-7(4-2)8-6-10-8/h7-8H,3-6H2,1-2H3. The van der Waals surface area contributed by atoms with Crippen LogP contribution in [-0.4, -0.2) is 25.4 Å². The molecular weight excluding hydrogens is 128 g/mol. The Morgan fingerprint density at radius 2 is 2.30 bits per heavy atom. The maximum Gasteiger partial charge on any atom is 0.107 e. The molecule has 2 atom stereocenters. The number of rotatable bonds is 5. The molecule has 10 heavy (non-hydrogen) atoms. The fraction of sp³-hybridized carbons (Fsp3) is 1.00. The van der Waals surface area contributed by atoms with Gasteiger partial charge in [-0.05, 0) is 12.8 Å². The summed E-state index contributed by atoms with van der Waals surface area (Å²) in [6.07, 6.45) is 2.95. The quantitative estimate of drug-likeness (QED) is 0.546. The van der Waals surface area contributed by atoms with Crippen LogP contribution >= 0.6 is 0 Å². The van der Waals surface area contributed by atoms with E-state index in [1.807, 2.05) is 0 Å². The summed E-state index contributed by atoms with van der Waals surface area (Å²) in [6.45, 7) is 6.04. The van der Waals surface area contributed by atoms with E-state index < -0.39 is 0 Å². The molecule has 1 fully saturated rings. The number of hydrogen-bond donors (Lipinski definition) is 0. The zero-order valence-electron chi connectivity index (χ0n) is 6.80.